The van der Waals surface area contributed by atoms with Gasteiger partial charge in [-0.25, -0.2) is 0 Å². The molecule has 0 radical (unpaired) electrons. The number of aliphatic hydroxyl groups excluding tert-OH is 1. The zero-order valence-corrected chi connectivity index (χ0v) is 10.8. The van der Waals surface area contributed by atoms with Gasteiger partial charge in [0.05, 0.1) is 0 Å². The molecule has 0 bridgehead atoms. The number of nitrogens with two attached hydrogens (primary N) is 1. The lowest BCUT2D eigenvalue weighted by Crippen LogP contribution is -2.14. The van der Waals surface area contributed by atoms with Crippen LogP contribution in [0.5, 0.6) is 0 Å². The first kappa shape index (κ1) is 13.6. The van der Waals surface area contributed by atoms with Crippen LogP contribution in [0.25, 0.3) is 0 Å². The lowest BCUT2D eigenvalue weighted by atomic mass is 10.1. The van der Waals surface area contributed by atoms with Crippen molar-refractivity contribution in [1.29, 1.82) is 0 Å². The molecule has 0 saturated carbocycles. The quantitative estimate of drug-likeness (QED) is 0.802. The number of hydrogen-bond donors (Lipinski definition) is 2. The Hall–Kier alpha value is -0.510. The van der Waals surface area contributed by atoms with Crippen molar-refractivity contribution in [1.82, 2.24) is 0 Å². The molecule has 2 nitrogen and oxygen atoms in total. The van der Waals surface area contributed by atoms with Crippen LogP contribution in [0.4, 0.5) is 0 Å². The highest BCUT2D eigenvalue weighted by atomic mass is 32.2. The van der Waals surface area contributed by atoms with Crippen molar-refractivity contribution in [2.75, 3.05) is 13.2 Å². The van der Waals surface area contributed by atoms with E-state index >= 15 is 0 Å². The highest BCUT2D eigenvalue weighted by Crippen LogP contribution is 2.33. The summed E-state index contributed by atoms with van der Waals surface area (Å²) in [5.41, 5.74) is 8.45. The van der Waals surface area contributed by atoms with Crippen LogP contribution in [0.1, 0.15) is 29.7 Å². The van der Waals surface area contributed by atoms with Gasteiger partial charge in [-0.2, -0.15) is 0 Å². The summed E-state index contributed by atoms with van der Waals surface area (Å²) in [5, 5.41) is 9.68. The second kappa shape index (κ2) is 6.94. The van der Waals surface area contributed by atoms with Crippen molar-refractivity contribution in [3.05, 3.63) is 35.4 Å². The number of thioether (sulfide) groups is 1. The molecule has 1 aromatic carbocycles. The Morgan fingerprint density at radius 3 is 2.62 bits per heavy atom. The lowest BCUT2D eigenvalue weighted by Gasteiger charge is -2.20. The molecule has 1 rings (SSSR count). The number of aliphatic hydroxyl groups is 1. The molecule has 3 heteroatoms. The van der Waals surface area contributed by atoms with Gasteiger partial charge in [-0.3, -0.25) is 0 Å². The maximum Gasteiger partial charge on any atom is 0.0441 e. The molecule has 0 saturated heterocycles. The smallest absolute Gasteiger partial charge is 0.0441 e. The fraction of sp³-hybridized carbons (Fsp3) is 0.538. The number of rotatable bonds is 6. The number of aryl methyl sites for hydroxylation is 1. The van der Waals surface area contributed by atoms with Crippen LogP contribution in [-0.4, -0.2) is 23.5 Å². The van der Waals surface area contributed by atoms with Gasteiger partial charge >= 0.3 is 0 Å². The van der Waals surface area contributed by atoms with Crippen molar-refractivity contribution in [3.63, 3.8) is 0 Å². The van der Waals surface area contributed by atoms with Crippen LogP contribution in [-0.2, 0) is 0 Å². The van der Waals surface area contributed by atoms with E-state index in [1.54, 1.807) is 0 Å². The molecule has 16 heavy (non-hydrogen) atoms. The topological polar surface area (TPSA) is 46.2 Å². The number of benzene rings is 1. The molecule has 90 valence electrons. The predicted octanol–water partition coefficient (Wildman–Crippen LogP) is 2.50. The molecule has 0 fully saturated rings. The van der Waals surface area contributed by atoms with Crippen LogP contribution in [0.15, 0.2) is 24.3 Å². The van der Waals surface area contributed by atoms with Crippen LogP contribution in [0.3, 0.4) is 0 Å². The molecule has 0 aliphatic heterocycles. The summed E-state index contributed by atoms with van der Waals surface area (Å²) in [6, 6.07) is 8.37. The van der Waals surface area contributed by atoms with Gasteiger partial charge in [0.1, 0.15) is 0 Å². The van der Waals surface area contributed by atoms with Crippen molar-refractivity contribution in [3.8, 4) is 0 Å². The molecule has 2 unspecified atom stereocenters. The van der Waals surface area contributed by atoms with E-state index < -0.39 is 0 Å². The first-order chi connectivity index (χ1) is 7.69. The molecular formula is C13H21NOS. The van der Waals surface area contributed by atoms with Crippen molar-refractivity contribution >= 4 is 11.8 Å². The maximum absolute atomic E-state index is 8.90. The molecule has 3 N–H and O–H groups in total. The highest BCUT2D eigenvalue weighted by Gasteiger charge is 2.15. The summed E-state index contributed by atoms with van der Waals surface area (Å²) in [4.78, 5) is 0. The SMILES string of the molecule is Cc1ccccc1C(CN)SC(C)CCO. The van der Waals surface area contributed by atoms with E-state index in [9.17, 15) is 0 Å². The second-order valence-electron chi connectivity index (χ2n) is 4.04. The zero-order valence-electron chi connectivity index (χ0n) is 10.0. The van der Waals surface area contributed by atoms with Crippen LogP contribution in [0.2, 0.25) is 0 Å². The van der Waals surface area contributed by atoms with E-state index in [1.165, 1.54) is 11.1 Å². The first-order valence-corrected chi connectivity index (χ1v) is 6.65. The van der Waals surface area contributed by atoms with Crippen LogP contribution < -0.4 is 5.73 Å². The van der Waals surface area contributed by atoms with E-state index in [0.717, 1.165) is 6.42 Å². The van der Waals surface area contributed by atoms with Gasteiger partial charge in [0.15, 0.2) is 0 Å². The van der Waals surface area contributed by atoms with Gasteiger partial charge < -0.3 is 10.8 Å². The van der Waals surface area contributed by atoms with Crippen molar-refractivity contribution < 1.29 is 5.11 Å². The monoisotopic (exact) mass is 239 g/mol. The minimum atomic E-state index is 0.249. The Labute approximate surface area is 102 Å². The van der Waals surface area contributed by atoms with Gasteiger partial charge in [-0.15, -0.1) is 11.8 Å². The first-order valence-electron chi connectivity index (χ1n) is 5.71. The van der Waals surface area contributed by atoms with E-state index in [1.807, 2.05) is 17.8 Å². The Morgan fingerprint density at radius 1 is 1.38 bits per heavy atom. The van der Waals surface area contributed by atoms with Gasteiger partial charge in [0, 0.05) is 23.7 Å². The van der Waals surface area contributed by atoms with Gasteiger partial charge in [0.25, 0.3) is 0 Å². The Morgan fingerprint density at radius 2 is 2.06 bits per heavy atom. The van der Waals surface area contributed by atoms with E-state index in [2.05, 4.69) is 32.0 Å². The van der Waals surface area contributed by atoms with E-state index in [0.29, 0.717) is 17.0 Å². The minimum absolute atomic E-state index is 0.249. The van der Waals surface area contributed by atoms with Crippen LogP contribution in [0, 0.1) is 6.92 Å². The average molecular weight is 239 g/mol. The molecule has 1 aromatic rings. The second-order valence-corrected chi connectivity index (χ2v) is 5.69. The van der Waals surface area contributed by atoms with Crippen LogP contribution >= 0.6 is 11.8 Å². The minimum Gasteiger partial charge on any atom is -0.396 e. The Balaban J connectivity index is 2.71. The third-order valence-corrected chi connectivity index (χ3v) is 4.16. The fourth-order valence-electron chi connectivity index (χ4n) is 1.73. The Bertz CT molecular complexity index is 317. The lowest BCUT2D eigenvalue weighted by molar-refractivity contribution is 0.289. The highest BCUT2D eigenvalue weighted by molar-refractivity contribution is 8.00. The van der Waals surface area contributed by atoms with Gasteiger partial charge in [-0.05, 0) is 24.5 Å². The normalized spacial score (nSPS) is 14.8. The Kier molecular flexibility index (Phi) is 5.88. The predicted molar refractivity (Wildman–Crippen MR) is 71.7 cm³/mol. The summed E-state index contributed by atoms with van der Waals surface area (Å²) in [5.74, 6) is 0. The molecule has 0 aliphatic rings. The molecule has 0 aromatic heterocycles. The summed E-state index contributed by atoms with van der Waals surface area (Å²) in [6.07, 6.45) is 0.826. The van der Waals surface area contributed by atoms with E-state index in [4.69, 9.17) is 10.8 Å². The molecule has 0 spiro atoms. The largest absolute Gasteiger partial charge is 0.396 e. The van der Waals surface area contributed by atoms with Gasteiger partial charge in [-0.1, -0.05) is 31.2 Å². The van der Waals surface area contributed by atoms with Crippen molar-refractivity contribution in [2.24, 2.45) is 5.73 Å². The third-order valence-electron chi connectivity index (χ3n) is 2.68. The van der Waals surface area contributed by atoms with E-state index in [-0.39, 0.29) is 6.61 Å². The number of hydrogen-bond acceptors (Lipinski definition) is 3. The summed E-state index contributed by atoms with van der Waals surface area (Å²) < 4.78 is 0. The standard InChI is InChI=1S/C13H21NOS/c1-10-5-3-4-6-12(10)13(9-14)16-11(2)7-8-15/h3-6,11,13,15H,7-9,14H2,1-2H3. The summed E-state index contributed by atoms with van der Waals surface area (Å²) in [6.45, 7) is 5.15. The maximum atomic E-state index is 8.90. The van der Waals surface area contributed by atoms with Crippen molar-refractivity contribution in [2.45, 2.75) is 30.8 Å². The summed E-state index contributed by atoms with van der Waals surface area (Å²) >= 11 is 1.85. The third kappa shape index (κ3) is 3.81. The van der Waals surface area contributed by atoms with Gasteiger partial charge in [0.2, 0.25) is 0 Å². The molecule has 0 heterocycles. The molecule has 0 amide bonds. The average Bonchev–Trinajstić information content (AvgIpc) is 2.27. The molecule has 2 atom stereocenters. The zero-order chi connectivity index (χ0) is 12.0. The molecule has 0 aliphatic carbocycles. The fourth-order valence-corrected chi connectivity index (χ4v) is 3.06. The molecular weight excluding hydrogens is 218 g/mol. The summed E-state index contributed by atoms with van der Waals surface area (Å²) in [7, 11) is 0.